The molecule has 0 amide bonds. The molecule has 0 saturated carbocycles. The van der Waals surface area contributed by atoms with Gasteiger partial charge < -0.3 is 11.1 Å². The van der Waals surface area contributed by atoms with Crippen molar-refractivity contribution in [2.45, 2.75) is 12.5 Å². The van der Waals surface area contributed by atoms with Gasteiger partial charge in [0.05, 0.1) is 11.3 Å². The standard InChI is InChI=1S/C16H16BrN3/c17-14-7-4-8-16(13(14)11-18)20-10-9-15(19)12-5-2-1-3-6-12/h1-8,15,20H,9-10,19H2. The molecule has 0 bridgehead atoms. The first-order valence-corrected chi connectivity index (χ1v) is 7.24. The highest BCUT2D eigenvalue weighted by Crippen LogP contribution is 2.24. The second-order valence-electron chi connectivity index (χ2n) is 4.51. The van der Waals surface area contributed by atoms with Crippen LogP contribution in [0.1, 0.15) is 23.6 Å². The zero-order valence-corrected chi connectivity index (χ0v) is 12.6. The molecule has 3 nitrogen and oxygen atoms in total. The Balaban J connectivity index is 1.94. The van der Waals surface area contributed by atoms with E-state index < -0.39 is 0 Å². The van der Waals surface area contributed by atoms with E-state index in [1.165, 1.54) is 0 Å². The Morgan fingerprint density at radius 3 is 2.60 bits per heavy atom. The third-order valence-electron chi connectivity index (χ3n) is 3.12. The number of anilines is 1. The fourth-order valence-corrected chi connectivity index (χ4v) is 2.47. The number of benzene rings is 2. The van der Waals surface area contributed by atoms with E-state index in [-0.39, 0.29) is 6.04 Å². The van der Waals surface area contributed by atoms with Crippen LogP contribution in [-0.2, 0) is 0 Å². The summed E-state index contributed by atoms with van der Waals surface area (Å²) in [5, 5.41) is 12.4. The van der Waals surface area contributed by atoms with Gasteiger partial charge in [-0.25, -0.2) is 0 Å². The predicted octanol–water partition coefficient (Wildman–Crippen LogP) is 3.82. The number of nitrogens with two attached hydrogens (primary N) is 1. The molecule has 0 aromatic heterocycles. The fourth-order valence-electron chi connectivity index (χ4n) is 2.01. The van der Waals surface area contributed by atoms with Crippen LogP contribution in [0, 0.1) is 11.3 Å². The fraction of sp³-hybridized carbons (Fsp3) is 0.188. The van der Waals surface area contributed by atoms with Gasteiger partial charge in [-0.15, -0.1) is 0 Å². The second kappa shape index (κ2) is 7.09. The van der Waals surface area contributed by atoms with E-state index in [9.17, 15) is 0 Å². The van der Waals surface area contributed by atoms with Gasteiger partial charge >= 0.3 is 0 Å². The van der Waals surface area contributed by atoms with Crippen LogP contribution in [0.3, 0.4) is 0 Å². The molecule has 0 radical (unpaired) electrons. The van der Waals surface area contributed by atoms with Crippen molar-refractivity contribution in [2.24, 2.45) is 5.73 Å². The van der Waals surface area contributed by atoms with Crippen molar-refractivity contribution in [3.05, 3.63) is 64.1 Å². The van der Waals surface area contributed by atoms with E-state index in [0.717, 1.165) is 28.7 Å². The lowest BCUT2D eigenvalue weighted by Crippen LogP contribution is -2.15. The van der Waals surface area contributed by atoms with E-state index in [1.54, 1.807) is 0 Å². The van der Waals surface area contributed by atoms with Gasteiger partial charge in [0.2, 0.25) is 0 Å². The van der Waals surface area contributed by atoms with E-state index >= 15 is 0 Å². The molecule has 0 fully saturated rings. The second-order valence-corrected chi connectivity index (χ2v) is 5.36. The predicted molar refractivity (Wildman–Crippen MR) is 85.3 cm³/mol. The van der Waals surface area contributed by atoms with Crippen molar-refractivity contribution in [3.63, 3.8) is 0 Å². The van der Waals surface area contributed by atoms with Crippen LogP contribution in [0.5, 0.6) is 0 Å². The molecule has 1 unspecified atom stereocenters. The van der Waals surface area contributed by atoms with Crippen LogP contribution in [0.4, 0.5) is 5.69 Å². The van der Waals surface area contributed by atoms with Gasteiger partial charge in [-0.3, -0.25) is 0 Å². The van der Waals surface area contributed by atoms with E-state index in [2.05, 4.69) is 27.3 Å². The lowest BCUT2D eigenvalue weighted by molar-refractivity contribution is 0.675. The maximum atomic E-state index is 9.14. The summed E-state index contributed by atoms with van der Waals surface area (Å²) in [4.78, 5) is 0. The van der Waals surface area contributed by atoms with Crippen LogP contribution in [0.15, 0.2) is 53.0 Å². The van der Waals surface area contributed by atoms with Crippen LogP contribution in [-0.4, -0.2) is 6.54 Å². The minimum absolute atomic E-state index is 0.00129. The summed E-state index contributed by atoms with van der Waals surface area (Å²) in [6.45, 7) is 0.723. The van der Waals surface area contributed by atoms with Gasteiger partial charge in [0.15, 0.2) is 0 Å². The topological polar surface area (TPSA) is 61.8 Å². The first kappa shape index (κ1) is 14.6. The molecule has 4 heteroatoms. The van der Waals surface area contributed by atoms with E-state index in [4.69, 9.17) is 11.0 Å². The molecule has 102 valence electrons. The largest absolute Gasteiger partial charge is 0.384 e. The summed E-state index contributed by atoms with van der Waals surface area (Å²) in [6, 6.07) is 17.9. The number of halogens is 1. The Morgan fingerprint density at radius 2 is 1.90 bits per heavy atom. The maximum Gasteiger partial charge on any atom is 0.103 e. The summed E-state index contributed by atoms with van der Waals surface area (Å²) < 4.78 is 0.803. The third-order valence-corrected chi connectivity index (χ3v) is 3.78. The average molecular weight is 330 g/mol. The molecule has 0 spiro atoms. The van der Waals surface area contributed by atoms with E-state index in [1.807, 2.05) is 48.5 Å². The normalized spacial score (nSPS) is 11.7. The Bertz CT molecular complexity index is 605. The molecule has 0 aliphatic rings. The Hall–Kier alpha value is -1.83. The average Bonchev–Trinajstić information content (AvgIpc) is 2.48. The Kier molecular flexibility index (Phi) is 5.16. The molecular weight excluding hydrogens is 314 g/mol. The number of nitrogens with zero attached hydrogens (tertiary/aromatic N) is 1. The lowest BCUT2D eigenvalue weighted by atomic mass is 10.0. The third kappa shape index (κ3) is 3.60. The molecule has 2 rings (SSSR count). The van der Waals surface area contributed by atoms with Crippen molar-refractivity contribution < 1.29 is 0 Å². The lowest BCUT2D eigenvalue weighted by Gasteiger charge is -2.14. The smallest absolute Gasteiger partial charge is 0.103 e. The van der Waals surface area contributed by atoms with Crippen LogP contribution >= 0.6 is 15.9 Å². The maximum absolute atomic E-state index is 9.14. The van der Waals surface area contributed by atoms with Crippen LogP contribution in [0.2, 0.25) is 0 Å². The molecule has 20 heavy (non-hydrogen) atoms. The van der Waals surface area contributed by atoms with Gasteiger partial charge in [0, 0.05) is 17.1 Å². The monoisotopic (exact) mass is 329 g/mol. The molecule has 0 aliphatic heterocycles. The summed E-state index contributed by atoms with van der Waals surface area (Å²) in [6.07, 6.45) is 0.807. The van der Waals surface area contributed by atoms with Gasteiger partial charge in [-0.05, 0) is 40.0 Å². The van der Waals surface area contributed by atoms with Crippen molar-refractivity contribution in [3.8, 4) is 6.07 Å². The minimum Gasteiger partial charge on any atom is -0.384 e. The highest BCUT2D eigenvalue weighted by atomic mass is 79.9. The minimum atomic E-state index is 0.00129. The summed E-state index contributed by atoms with van der Waals surface area (Å²) in [7, 11) is 0. The highest BCUT2D eigenvalue weighted by Gasteiger charge is 2.07. The van der Waals surface area contributed by atoms with Gasteiger partial charge in [0.25, 0.3) is 0 Å². The van der Waals surface area contributed by atoms with Gasteiger partial charge in [-0.1, -0.05) is 36.4 Å². The zero-order valence-electron chi connectivity index (χ0n) is 11.0. The van der Waals surface area contributed by atoms with Crippen molar-refractivity contribution >= 4 is 21.6 Å². The molecule has 3 N–H and O–H groups in total. The number of hydrogen-bond acceptors (Lipinski definition) is 3. The number of nitrogens with one attached hydrogen (secondary N) is 1. The van der Waals surface area contributed by atoms with Crippen molar-refractivity contribution in [1.29, 1.82) is 5.26 Å². The number of hydrogen-bond donors (Lipinski definition) is 2. The van der Waals surface area contributed by atoms with E-state index in [0.29, 0.717) is 5.56 Å². The highest BCUT2D eigenvalue weighted by molar-refractivity contribution is 9.10. The van der Waals surface area contributed by atoms with Gasteiger partial charge in [-0.2, -0.15) is 5.26 Å². The SMILES string of the molecule is N#Cc1c(Br)cccc1NCCC(N)c1ccccc1. The number of nitriles is 1. The molecule has 2 aromatic rings. The molecular formula is C16H16BrN3. The molecule has 0 saturated heterocycles. The first-order chi connectivity index (χ1) is 9.72. The number of rotatable bonds is 5. The summed E-state index contributed by atoms with van der Waals surface area (Å²) in [5.41, 5.74) is 8.74. The molecule has 1 atom stereocenters. The van der Waals surface area contributed by atoms with Gasteiger partial charge in [0.1, 0.15) is 6.07 Å². The Labute approximate surface area is 127 Å². The first-order valence-electron chi connectivity index (χ1n) is 6.45. The molecule has 2 aromatic carbocycles. The quantitative estimate of drug-likeness (QED) is 0.876. The summed E-state index contributed by atoms with van der Waals surface area (Å²) >= 11 is 3.38. The van der Waals surface area contributed by atoms with Crippen LogP contribution < -0.4 is 11.1 Å². The van der Waals surface area contributed by atoms with Crippen LogP contribution in [0.25, 0.3) is 0 Å². The molecule has 0 heterocycles. The molecule has 0 aliphatic carbocycles. The summed E-state index contributed by atoms with van der Waals surface area (Å²) in [5.74, 6) is 0. The van der Waals surface area contributed by atoms with Crippen molar-refractivity contribution in [1.82, 2.24) is 0 Å². The van der Waals surface area contributed by atoms with Crippen molar-refractivity contribution in [2.75, 3.05) is 11.9 Å². The zero-order chi connectivity index (χ0) is 14.4. The Morgan fingerprint density at radius 1 is 1.15 bits per heavy atom.